The lowest BCUT2D eigenvalue weighted by atomic mass is 10.3. The van der Waals surface area contributed by atoms with Gasteiger partial charge >= 0.3 is 0 Å². The van der Waals surface area contributed by atoms with Crippen LogP contribution in [0.25, 0.3) is 0 Å². The van der Waals surface area contributed by atoms with Crippen LogP contribution in [0.4, 0.5) is 5.69 Å². The molecule has 0 radical (unpaired) electrons. The topological polar surface area (TPSA) is 59.0 Å². The van der Waals surface area contributed by atoms with E-state index >= 15 is 0 Å². The highest BCUT2D eigenvalue weighted by atomic mass is 35.5. The smallest absolute Gasteiger partial charge is 0.238 e. The molecule has 0 aliphatic carbocycles. The zero-order valence-electron chi connectivity index (χ0n) is 11.2. The second-order valence-corrected chi connectivity index (χ2v) is 4.95. The Morgan fingerprint density at radius 3 is 2.90 bits per heavy atom. The molecule has 106 valence electrons. The van der Waals surface area contributed by atoms with Crippen molar-refractivity contribution >= 4 is 23.2 Å². The van der Waals surface area contributed by atoms with Crippen molar-refractivity contribution in [2.75, 3.05) is 11.9 Å². The van der Waals surface area contributed by atoms with Crippen LogP contribution in [0.2, 0.25) is 5.02 Å². The molecule has 1 unspecified atom stereocenters. The first kappa shape index (κ1) is 14.6. The Morgan fingerprint density at radius 1 is 1.40 bits per heavy atom. The van der Waals surface area contributed by atoms with Crippen LogP contribution < -0.4 is 10.6 Å². The number of aromatic nitrogens is 2. The number of amides is 1. The first-order valence-corrected chi connectivity index (χ1v) is 6.78. The molecule has 1 amide bonds. The summed E-state index contributed by atoms with van der Waals surface area (Å²) < 4.78 is 1.82. The van der Waals surface area contributed by atoms with Crippen LogP contribution in [0.3, 0.4) is 0 Å². The van der Waals surface area contributed by atoms with Gasteiger partial charge in [0.25, 0.3) is 0 Å². The van der Waals surface area contributed by atoms with Gasteiger partial charge in [0.05, 0.1) is 23.8 Å². The predicted molar refractivity (Wildman–Crippen MR) is 79.8 cm³/mol. The largest absolute Gasteiger partial charge is 0.324 e. The van der Waals surface area contributed by atoms with Crippen molar-refractivity contribution in [1.82, 2.24) is 15.1 Å². The van der Waals surface area contributed by atoms with Gasteiger partial charge in [-0.05, 0) is 25.1 Å². The van der Waals surface area contributed by atoms with Gasteiger partial charge in [0, 0.05) is 18.4 Å². The molecule has 0 spiro atoms. The van der Waals surface area contributed by atoms with Gasteiger partial charge in [-0.25, -0.2) is 0 Å². The predicted octanol–water partition coefficient (Wildman–Crippen LogP) is 2.15. The Kier molecular flexibility index (Phi) is 5.15. The van der Waals surface area contributed by atoms with E-state index in [-0.39, 0.29) is 18.5 Å². The van der Waals surface area contributed by atoms with E-state index < -0.39 is 0 Å². The van der Waals surface area contributed by atoms with Gasteiger partial charge in [-0.1, -0.05) is 23.7 Å². The molecule has 0 aliphatic rings. The van der Waals surface area contributed by atoms with Crippen LogP contribution in [0, 0.1) is 0 Å². The van der Waals surface area contributed by atoms with E-state index in [9.17, 15) is 4.79 Å². The molecule has 0 aliphatic heterocycles. The van der Waals surface area contributed by atoms with Crippen molar-refractivity contribution in [2.24, 2.45) is 0 Å². The summed E-state index contributed by atoms with van der Waals surface area (Å²) in [7, 11) is 0. The third kappa shape index (κ3) is 4.36. The molecule has 2 rings (SSSR count). The number of hydrogen-bond donors (Lipinski definition) is 2. The van der Waals surface area contributed by atoms with E-state index in [1.54, 1.807) is 18.3 Å². The van der Waals surface area contributed by atoms with Crippen LogP contribution in [0.1, 0.15) is 6.92 Å². The molecule has 1 heterocycles. The number of halogens is 1. The Balaban J connectivity index is 1.76. The molecule has 2 aromatic rings. The number of carbonyl (C=O) groups excluding carboxylic acids is 1. The lowest BCUT2D eigenvalue weighted by Crippen LogP contribution is -2.37. The summed E-state index contributed by atoms with van der Waals surface area (Å²) in [6.45, 7) is 2.95. The van der Waals surface area contributed by atoms with Gasteiger partial charge in [-0.3, -0.25) is 9.48 Å². The van der Waals surface area contributed by atoms with Gasteiger partial charge in [0.2, 0.25) is 5.91 Å². The molecule has 6 heteroatoms. The summed E-state index contributed by atoms with van der Waals surface area (Å²) in [6.07, 6.45) is 3.62. The van der Waals surface area contributed by atoms with Gasteiger partial charge in [0.15, 0.2) is 0 Å². The molecule has 1 aromatic carbocycles. The number of benzene rings is 1. The average Bonchev–Trinajstić information content (AvgIpc) is 2.92. The Morgan fingerprint density at radius 2 is 2.20 bits per heavy atom. The fourth-order valence-electron chi connectivity index (χ4n) is 1.78. The second kappa shape index (κ2) is 7.07. The zero-order valence-corrected chi connectivity index (χ0v) is 12.0. The van der Waals surface area contributed by atoms with Crippen molar-refractivity contribution in [1.29, 1.82) is 0 Å². The zero-order chi connectivity index (χ0) is 14.4. The van der Waals surface area contributed by atoms with Crippen molar-refractivity contribution in [2.45, 2.75) is 19.5 Å². The van der Waals surface area contributed by atoms with E-state index in [0.717, 1.165) is 0 Å². The Bertz CT molecular complexity index is 556. The summed E-state index contributed by atoms with van der Waals surface area (Å²) in [5, 5.41) is 10.6. The molecule has 1 atom stereocenters. The van der Waals surface area contributed by atoms with Crippen LogP contribution >= 0.6 is 11.6 Å². The summed E-state index contributed by atoms with van der Waals surface area (Å²) in [6, 6.07) is 9.18. The number of para-hydroxylation sites is 1. The van der Waals surface area contributed by atoms with Gasteiger partial charge in [0.1, 0.15) is 0 Å². The lowest BCUT2D eigenvalue weighted by molar-refractivity contribution is -0.115. The van der Waals surface area contributed by atoms with Gasteiger partial charge in [-0.2, -0.15) is 5.10 Å². The molecule has 5 nitrogen and oxygen atoms in total. The first-order chi connectivity index (χ1) is 9.65. The van der Waals surface area contributed by atoms with E-state index in [2.05, 4.69) is 15.7 Å². The van der Waals surface area contributed by atoms with Crippen molar-refractivity contribution in [3.63, 3.8) is 0 Å². The van der Waals surface area contributed by atoms with E-state index in [4.69, 9.17) is 11.6 Å². The number of carbonyl (C=O) groups is 1. The van der Waals surface area contributed by atoms with Crippen LogP contribution in [0.15, 0.2) is 42.7 Å². The molecule has 2 N–H and O–H groups in total. The third-order valence-corrected chi connectivity index (χ3v) is 3.11. The number of nitrogens with one attached hydrogen (secondary N) is 2. The number of rotatable bonds is 6. The summed E-state index contributed by atoms with van der Waals surface area (Å²) >= 11 is 5.98. The maximum atomic E-state index is 11.8. The highest BCUT2D eigenvalue weighted by molar-refractivity contribution is 6.33. The number of hydrogen-bond acceptors (Lipinski definition) is 3. The van der Waals surface area contributed by atoms with Gasteiger partial charge < -0.3 is 10.6 Å². The van der Waals surface area contributed by atoms with Gasteiger partial charge in [-0.15, -0.1) is 0 Å². The average molecular weight is 293 g/mol. The normalized spacial score (nSPS) is 12.1. The molecule has 1 aromatic heterocycles. The maximum absolute atomic E-state index is 11.8. The molecule has 0 saturated heterocycles. The highest BCUT2D eigenvalue weighted by Gasteiger charge is 2.08. The molecule has 0 fully saturated rings. The van der Waals surface area contributed by atoms with Crippen LogP contribution in [-0.2, 0) is 11.3 Å². The summed E-state index contributed by atoms with van der Waals surface area (Å²) in [4.78, 5) is 11.8. The van der Waals surface area contributed by atoms with Crippen LogP contribution in [-0.4, -0.2) is 28.3 Å². The van der Waals surface area contributed by atoms with Crippen LogP contribution in [0.5, 0.6) is 0 Å². The maximum Gasteiger partial charge on any atom is 0.238 e. The van der Waals surface area contributed by atoms with Crippen molar-refractivity contribution < 1.29 is 4.79 Å². The third-order valence-electron chi connectivity index (χ3n) is 2.78. The lowest BCUT2D eigenvalue weighted by Gasteiger charge is -2.14. The summed E-state index contributed by atoms with van der Waals surface area (Å²) in [5.74, 6) is -0.120. The van der Waals surface area contributed by atoms with E-state index in [0.29, 0.717) is 17.3 Å². The molecule has 0 saturated carbocycles. The first-order valence-electron chi connectivity index (χ1n) is 6.40. The van der Waals surface area contributed by atoms with E-state index in [1.165, 1.54) is 0 Å². The monoisotopic (exact) mass is 292 g/mol. The Labute approximate surface area is 122 Å². The number of nitrogens with zero attached hydrogens (tertiary/aromatic N) is 2. The minimum absolute atomic E-state index is 0.120. The second-order valence-electron chi connectivity index (χ2n) is 4.54. The molecule has 0 bridgehead atoms. The van der Waals surface area contributed by atoms with E-state index in [1.807, 2.05) is 36.0 Å². The fraction of sp³-hybridized carbons (Fsp3) is 0.286. The minimum atomic E-state index is -0.120. The molecular weight excluding hydrogens is 276 g/mol. The SMILES string of the molecule is CC(Cn1cccn1)NCC(=O)Nc1ccccc1Cl. The Hall–Kier alpha value is -1.85. The standard InChI is InChI=1S/C14H17ClN4O/c1-11(10-19-8-4-7-17-19)16-9-14(20)18-13-6-3-2-5-12(13)15/h2-8,11,16H,9-10H2,1H3,(H,18,20). The molecule has 20 heavy (non-hydrogen) atoms. The highest BCUT2D eigenvalue weighted by Crippen LogP contribution is 2.19. The van der Waals surface area contributed by atoms with Crippen molar-refractivity contribution in [3.05, 3.63) is 47.7 Å². The van der Waals surface area contributed by atoms with Crippen molar-refractivity contribution in [3.8, 4) is 0 Å². The summed E-state index contributed by atoms with van der Waals surface area (Å²) in [5.41, 5.74) is 0.626. The molecular formula is C14H17ClN4O. The number of anilines is 1. The minimum Gasteiger partial charge on any atom is -0.324 e. The fourth-order valence-corrected chi connectivity index (χ4v) is 1.96. The quantitative estimate of drug-likeness (QED) is 0.858.